The van der Waals surface area contributed by atoms with Gasteiger partial charge in [-0.15, -0.1) is 11.3 Å². The average molecular weight is 496 g/mol. The summed E-state index contributed by atoms with van der Waals surface area (Å²) in [4.78, 5) is 45.6. The number of pyridine rings is 1. The van der Waals surface area contributed by atoms with Crippen LogP contribution in [-0.2, 0) is 20.8 Å². The summed E-state index contributed by atoms with van der Waals surface area (Å²) in [6.07, 6.45) is 2.75. The molecule has 1 amide bonds. The van der Waals surface area contributed by atoms with Gasteiger partial charge in [-0.1, -0.05) is 18.6 Å². The maximum absolute atomic E-state index is 13.1. The van der Waals surface area contributed by atoms with Crippen LogP contribution in [0.25, 0.3) is 10.2 Å². The number of ether oxygens (including phenoxy) is 2. The molecular formula is C26H29N3O5S. The lowest BCUT2D eigenvalue weighted by Gasteiger charge is -2.33. The van der Waals surface area contributed by atoms with Gasteiger partial charge in [0.2, 0.25) is 0 Å². The van der Waals surface area contributed by atoms with E-state index in [0.717, 1.165) is 42.6 Å². The molecule has 1 aromatic carbocycles. The Kier molecular flexibility index (Phi) is 7.47. The highest BCUT2D eigenvalue weighted by molar-refractivity contribution is 7.21. The summed E-state index contributed by atoms with van der Waals surface area (Å²) < 4.78 is 9.96. The van der Waals surface area contributed by atoms with Gasteiger partial charge >= 0.3 is 11.9 Å². The number of carbonyl (C=O) groups is 3. The van der Waals surface area contributed by atoms with Crippen LogP contribution in [0.2, 0.25) is 0 Å². The van der Waals surface area contributed by atoms with E-state index in [0.29, 0.717) is 28.0 Å². The van der Waals surface area contributed by atoms with Crippen LogP contribution in [0.4, 0.5) is 5.69 Å². The Balaban J connectivity index is 1.67. The van der Waals surface area contributed by atoms with Gasteiger partial charge in [-0.3, -0.25) is 14.5 Å². The first-order valence-corrected chi connectivity index (χ1v) is 12.4. The molecule has 35 heavy (non-hydrogen) atoms. The summed E-state index contributed by atoms with van der Waals surface area (Å²) in [5, 5.41) is 3.59. The minimum Gasteiger partial charge on any atom is -0.468 e. The molecule has 9 heteroatoms. The fourth-order valence-electron chi connectivity index (χ4n) is 4.43. The Hall–Kier alpha value is -3.30. The Bertz CT molecular complexity index is 1290. The number of rotatable bonds is 6. The summed E-state index contributed by atoms with van der Waals surface area (Å²) >= 11 is 1.18. The molecule has 3 heterocycles. The van der Waals surface area contributed by atoms with Gasteiger partial charge < -0.3 is 14.8 Å². The number of anilines is 1. The second kappa shape index (κ2) is 10.5. The van der Waals surface area contributed by atoms with Crippen molar-refractivity contribution in [2.45, 2.75) is 45.7 Å². The number of amides is 1. The molecule has 4 rings (SSSR count). The van der Waals surface area contributed by atoms with Crippen molar-refractivity contribution in [3.8, 4) is 0 Å². The van der Waals surface area contributed by atoms with Crippen LogP contribution in [0.5, 0.6) is 0 Å². The molecular weight excluding hydrogens is 466 g/mol. The number of hydrogen-bond acceptors (Lipinski definition) is 8. The van der Waals surface area contributed by atoms with E-state index in [1.54, 1.807) is 6.07 Å². The molecule has 0 radical (unpaired) electrons. The average Bonchev–Trinajstić information content (AvgIpc) is 3.22. The first-order valence-electron chi connectivity index (χ1n) is 11.5. The predicted octanol–water partition coefficient (Wildman–Crippen LogP) is 4.48. The number of hydrogen-bond donors (Lipinski definition) is 1. The highest BCUT2D eigenvalue weighted by Crippen LogP contribution is 2.36. The fourth-order valence-corrected chi connectivity index (χ4v) is 5.50. The molecule has 0 aliphatic carbocycles. The van der Waals surface area contributed by atoms with Gasteiger partial charge in [-0.05, 0) is 62.6 Å². The van der Waals surface area contributed by atoms with E-state index in [1.807, 2.05) is 38.1 Å². The standard InChI is InChI=1S/C26H29N3O5S/c1-15-8-7-9-18(16(15)2)23(30)28-21-19-12-11-17(27-24(19)35-22(21)26(32)34-4)14-29-13-6-5-10-20(29)25(31)33-3/h7-9,11-12,20H,5-6,10,13-14H2,1-4H3,(H,28,30). The molecule has 1 unspecified atom stereocenters. The number of carbonyl (C=O) groups excluding carboxylic acids is 3. The van der Waals surface area contributed by atoms with Crippen molar-refractivity contribution < 1.29 is 23.9 Å². The van der Waals surface area contributed by atoms with Crippen molar-refractivity contribution in [3.63, 3.8) is 0 Å². The molecule has 8 nitrogen and oxygen atoms in total. The molecule has 184 valence electrons. The lowest BCUT2D eigenvalue weighted by atomic mass is 10.0. The van der Waals surface area contributed by atoms with Crippen LogP contribution in [-0.4, -0.2) is 54.5 Å². The summed E-state index contributed by atoms with van der Waals surface area (Å²) in [5.74, 6) is -1.06. The minimum atomic E-state index is -0.535. The third kappa shape index (κ3) is 5.06. The van der Waals surface area contributed by atoms with Crippen LogP contribution in [0, 0.1) is 13.8 Å². The molecule has 1 N–H and O–H groups in total. The second-order valence-electron chi connectivity index (χ2n) is 8.66. The molecule has 1 atom stereocenters. The smallest absolute Gasteiger partial charge is 0.350 e. The molecule has 0 saturated carbocycles. The SMILES string of the molecule is COC(=O)c1sc2nc(CN3CCCCC3C(=O)OC)ccc2c1NC(=O)c1cccc(C)c1C. The van der Waals surface area contributed by atoms with E-state index in [9.17, 15) is 14.4 Å². The van der Waals surface area contributed by atoms with E-state index in [-0.39, 0.29) is 22.8 Å². The Labute approximate surface area is 208 Å². The number of methoxy groups -OCH3 is 2. The van der Waals surface area contributed by atoms with E-state index in [2.05, 4.69) is 10.2 Å². The van der Waals surface area contributed by atoms with E-state index >= 15 is 0 Å². The first-order chi connectivity index (χ1) is 16.8. The number of fused-ring (bicyclic) bond motifs is 1. The zero-order valence-corrected chi connectivity index (χ0v) is 21.2. The lowest BCUT2D eigenvalue weighted by molar-refractivity contribution is -0.148. The van der Waals surface area contributed by atoms with Crippen molar-refractivity contribution in [1.29, 1.82) is 0 Å². The monoisotopic (exact) mass is 495 g/mol. The van der Waals surface area contributed by atoms with E-state index in [1.165, 1.54) is 25.6 Å². The van der Waals surface area contributed by atoms with Crippen molar-refractivity contribution in [1.82, 2.24) is 9.88 Å². The zero-order chi connectivity index (χ0) is 25.1. The molecule has 0 bridgehead atoms. The van der Waals surface area contributed by atoms with Gasteiger partial charge in [0.05, 0.1) is 25.6 Å². The van der Waals surface area contributed by atoms with Gasteiger partial charge in [-0.2, -0.15) is 0 Å². The quantitative estimate of drug-likeness (QED) is 0.504. The van der Waals surface area contributed by atoms with Crippen LogP contribution in [0.1, 0.15) is 56.1 Å². The fraction of sp³-hybridized carbons (Fsp3) is 0.385. The largest absolute Gasteiger partial charge is 0.468 e. The summed E-state index contributed by atoms with van der Waals surface area (Å²) in [5.41, 5.74) is 3.61. The summed E-state index contributed by atoms with van der Waals surface area (Å²) in [6.45, 7) is 5.12. The highest BCUT2D eigenvalue weighted by Gasteiger charge is 2.30. The highest BCUT2D eigenvalue weighted by atomic mass is 32.1. The van der Waals surface area contributed by atoms with Gasteiger partial charge in [0.25, 0.3) is 5.91 Å². The topological polar surface area (TPSA) is 97.8 Å². The van der Waals surface area contributed by atoms with Crippen molar-refractivity contribution >= 4 is 45.1 Å². The number of nitrogens with one attached hydrogen (secondary N) is 1. The summed E-state index contributed by atoms with van der Waals surface area (Å²) in [6, 6.07) is 8.98. The molecule has 3 aromatic rings. The van der Waals surface area contributed by atoms with Gasteiger partial charge in [0.15, 0.2) is 0 Å². The van der Waals surface area contributed by atoms with Gasteiger partial charge in [-0.25, -0.2) is 9.78 Å². The second-order valence-corrected chi connectivity index (χ2v) is 9.66. The number of nitrogens with zero attached hydrogens (tertiary/aromatic N) is 2. The molecule has 1 fully saturated rings. The molecule has 1 aliphatic rings. The van der Waals surface area contributed by atoms with E-state index in [4.69, 9.17) is 14.5 Å². The van der Waals surface area contributed by atoms with Crippen molar-refractivity contribution in [2.24, 2.45) is 0 Å². The maximum Gasteiger partial charge on any atom is 0.350 e. The van der Waals surface area contributed by atoms with Crippen LogP contribution in [0.15, 0.2) is 30.3 Å². The van der Waals surface area contributed by atoms with Crippen LogP contribution in [0.3, 0.4) is 0 Å². The van der Waals surface area contributed by atoms with Crippen LogP contribution >= 0.6 is 11.3 Å². The number of aromatic nitrogens is 1. The Morgan fingerprint density at radius 3 is 2.66 bits per heavy atom. The molecule has 2 aromatic heterocycles. The van der Waals surface area contributed by atoms with E-state index < -0.39 is 5.97 Å². The van der Waals surface area contributed by atoms with Gasteiger partial charge in [0, 0.05) is 17.5 Å². The third-order valence-corrected chi connectivity index (χ3v) is 7.60. The molecule has 0 spiro atoms. The normalized spacial score (nSPS) is 16.2. The summed E-state index contributed by atoms with van der Waals surface area (Å²) in [7, 11) is 2.72. The molecule has 1 saturated heterocycles. The minimum absolute atomic E-state index is 0.230. The zero-order valence-electron chi connectivity index (χ0n) is 20.3. The predicted molar refractivity (Wildman–Crippen MR) is 135 cm³/mol. The van der Waals surface area contributed by atoms with Crippen LogP contribution < -0.4 is 5.32 Å². The van der Waals surface area contributed by atoms with Crippen molar-refractivity contribution in [3.05, 3.63) is 57.6 Å². The number of benzene rings is 1. The third-order valence-electron chi connectivity index (χ3n) is 6.52. The number of thiophene rings is 1. The number of esters is 2. The Morgan fingerprint density at radius 1 is 1.11 bits per heavy atom. The first kappa shape index (κ1) is 24.8. The molecule has 1 aliphatic heterocycles. The number of piperidine rings is 1. The Morgan fingerprint density at radius 2 is 1.91 bits per heavy atom. The number of aryl methyl sites for hydroxylation is 1. The maximum atomic E-state index is 13.1. The van der Waals surface area contributed by atoms with Crippen molar-refractivity contribution in [2.75, 3.05) is 26.1 Å². The van der Waals surface area contributed by atoms with Gasteiger partial charge in [0.1, 0.15) is 15.7 Å². The number of likely N-dealkylation sites (tertiary alicyclic amines) is 1. The lowest BCUT2D eigenvalue weighted by Crippen LogP contribution is -2.44.